The molecular formula is C10H17N3O2. The molecule has 2 N–H and O–H groups in total. The lowest BCUT2D eigenvalue weighted by molar-refractivity contribution is 0.265. The van der Waals surface area contributed by atoms with E-state index in [2.05, 4.69) is 22.2 Å². The number of hydrogen-bond acceptors (Lipinski definition) is 5. The molecule has 1 aromatic rings. The molecule has 0 saturated carbocycles. The SMILES string of the molecule is COc1cnc(NCC(C)CCO)nc1. The monoisotopic (exact) mass is 211 g/mol. The molecule has 5 nitrogen and oxygen atoms in total. The zero-order chi connectivity index (χ0) is 11.1. The van der Waals surface area contributed by atoms with E-state index in [0.29, 0.717) is 17.6 Å². The summed E-state index contributed by atoms with van der Waals surface area (Å²) in [5.74, 6) is 1.63. The van der Waals surface area contributed by atoms with Crippen molar-refractivity contribution in [3.05, 3.63) is 12.4 Å². The molecule has 15 heavy (non-hydrogen) atoms. The van der Waals surface area contributed by atoms with Gasteiger partial charge in [-0.15, -0.1) is 0 Å². The summed E-state index contributed by atoms with van der Waals surface area (Å²) in [4.78, 5) is 8.14. The van der Waals surface area contributed by atoms with Gasteiger partial charge in [0.1, 0.15) is 0 Å². The molecule has 1 rings (SSSR count). The van der Waals surface area contributed by atoms with Crippen molar-refractivity contribution in [2.24, 2.45) is 5.92 Å². The lowest BCUT2D eigenvalue weighted by Gasteiger charge is -2.10. The predicted molar refractivity (Wildman–Crippen MR) is 57.9 cm³/mol. The van der Waals surface area contributed by atoms with Gasteiger partial charge in [-0.25, -0.2) is 9.97 Å². The van der Waals surface area contributed by atoms with Crippen molar-refractivity contribution in [3.63, 3.8) is 0 Å². The van der Waals surface area contributed by atoms with Crippen molar-refractivity contribution in [1.29, 1.82) is 0 Å². The highest BCUT2D eigenvalue weighted by Gasteiger charge is 2.02. The maximum atomic E-state index is 8.73. The third-order valence-electron chi connectivity index (χ3n) is 2.09. The van der Waals surface area contributed by atoms with Gasteiger partial charge in [0.05, 0.1) is 19.5 Å². The predicted octanol–water partition coefficient (Wildman–Crippen LogP) is 0.916. The normalized spacial score (nSPS) is 12.2. The van der Waals surface area contributed by atoms with Crippen LogP contribution in [0.4, 0.5) is 5.95 Å². The zero-order valence-corrected chi connectivity index (χ0v) is 9.10. The van der Waals surface area contributed by atoms with Crippen molar-refractivity contribution in [1.82, 2.24) is 9.97 Å². The second-order valence-corrected chi connectivity index (χ2v) is 3.44. The summed E-state index contributed by atoms with van der Waals surface area (Å²) in [5, 5.41) is 11.8. The quantitative estimate of drug-likeness (QED) is 0.732. The first-order valence-corrected chi connectivity index (χ1v) is 4.97. The number of aliphatic hydroxyl groups excluding tert-OH is 1. The summed E-state index contributed by atoms with van der Waals surface area (Å²) < 4.78 is 4.95. The van der Waals surface area contributed by atoms with Gasteiger partial charge in [0, 0.05) is 13.2 Å². The van der Waals surface area contributed by atoms with Crippen molar-refractivity contribution < 1.29 is 9.84 Å². The van der Waals surface area contributed by atoms with Crippen LogP contribution < -0.4 is 10.1 Å². The Hall–Kier alpha value is -1.36. The highest BCUT2D eigenvalue weighted by molar-refractivity contribution is 5.26. The Bertz CT molecular complexity index is 277. The molecule has 1 aromatic heterocycles. The molecule has 0 bridgehead atoms. The number of aliphatic hydroxyl groups is 1. The fourth-order valence-electron chi connectivity index (χ4n) is 1.10. The minimum Gasteiger partial charge on any atom is -0.494 e. The van der Waals surface area contributed by atoms with Gasteiger partial charge < -0.3 is 15.2 Å². The first-order chi connectivity index (χ1) is 7.26. The first kappa shape index (κ1) is 11.7. The smallest absolute Gasteiger partial charge is 0.222 e. The van der Waals surface area contributed by atoms with Gasteiger partial charge in [0.2, 0.25) is 5.95 Å². The summed E-state index contributed by atoms with van der Waals surface area (Å²) in [6.07, 6.45) is 4.02. The van der Waals surface area contributed by atoms with E-state index in [1.54, 1.807) is 19.5 Å². The molecule has 0 aliphatic rings. The van der Waals surface area contributed by atoms with Crippen molar-refractivity contribution in [2.45, 2.75) is 13.3 Å². The number of nitrogens with zero attached hydrogens (tertiary/aromatic N) is 2. The van der Waals surface area contributed by atoms with E-state index in [1.165, 1.54) is 0 Å². The fraction of sp³-hybridized carbons (Fsp3) is 0.600. The summed E-state index contributed by atoms with van der Waals surface area (Å²) in [6.45, 7) is 3.03. The van der Waals surface area contributed by atoms with E-state index in [9.17, 15) is 0 Å². The van der Waals surface area contributed by atoms with Crippen LogP contribution in [0.25, 0.3) is 0 Å². The maximum Gasteiger partial charge on any atom is 0.222 e. The highest BCUT2D eigenvalue weighted by atomic mass is 16.5. The molecule has 1 heterocycles. The van der Waals surface area contributed by atoms with Gasteiger partial charge >= 0.3 is 0 Å². The van der Waals surface area contributed by atoms with Crippen LogP contribution in [-0.2, 0) is 0 Å². The highest BCUT2D eigenvalue weighted by Crippen LogP contribution is 2.08. The number of rotatable bonds is 6. The van der Waals surface area contributed by atoms with Crippen LogP contribution in [0.3, 0.4) is 0 Å². The topological polar surface area (TPSA) is 67.3 Å². The van der Waals surface area contributed by atoms with E-state index in [1.807, 2.05) is 0 Å². The average Bonchev–Trinajstić information content (AvgIpc) is 2.27. The van der Waals surface area contributed by atoms with E-state index in [0.717, 1.165) is 13.0 Å². The molecule has 0 aliphatic carbocycles. The lowest BCUT2D eigenvalue weighted by Crippen LogP contribution is -2.14. The number of methoxy groups -OCH3 is 1. The van der Waals surface area contributed by atoms with Crippen LogP contribution in [-0.4, -0.2) is 35.3 Å². The zero-order valence-electron chi connectivity index (χ0n) is 9.10. The Kier molecular flexibility index (Phi) is 4.83. The average molecular weight is 211 g/mol. The van der Waals surface area contributed by atoms with Gasteiger partial charge in [-0.3, -0.25) is 0 Å². The molecule has 0 aliphatic heterocycles. The molecule has 0 fully saturated rings. The third-order valence-corrected chi connectivity index (χ3v) is 2.09. The van der Waals surface area contributed by atoms with E-state index < -0.39 is 0 Å². The summed E-state index contributed by atoms with van der Waals surface area (Å²) in [5.41, 5.74) is 0. The Morgan fingerprint density at radius 2 is 2.13 bits per heavy atom. The Balaban J connectivity index is 2.37. The van der Waals surface area contributed by atoms with Gasteiger partial charge in [-0.1, -0.05) is 6.92 Å². The van der Waals surface area contributed by atoms with E-state index in [-0.39, 0.29) is 6.61 Å². The lowest BCUT2D eigenvalue weighted by atomic mass is 10.1. The molecule has 84 valence electrons. The van der Waals surface area contributed by atoms with E-state index in [4.69, 9.17) is 9.84 Å². The van der Waals surface area contributed by atoms with Gasteiger partial charge in [0.25, 0.3) is 0 Å². The Labute approximate surface area is 89.5 Å². The summed E-state index contributed by atoms with van der Waals surface area (Å²) >= 11 is 0. The molecule has 1 atom stereocenters. The van der Waals surface area contributed by atoms with Crippen LogP contribution in [0.15, 0.2) is 12.4 Å². The number of anilines is 1. The number of aromatic nitrogens is 2. The van der Waals surface area contributed by atoms with Gasteiger partial charge in [0.15, 0.2) is 5.75 Å². The van der Waals surface area contributed by atoms with Gasteiger partial charge in [-0.2, -0.15) is 0 Å². The molecule has 0 aromatic carbocycles. The second kappa shape index (κ2) is 6.19. The molecule has 0 radical (unpaired) electrons. The molecular weight excluding hydrogens is 194 g/mol. The van der Waals surface area contributed by atoms with Crippen molar-refractivity contribution in [3.8, 4) is 5.75 Å². The Morgan fingerprint density at radius 1 is 1.47 bits per heavy atom. The largest absolute Gasteiger partial charge is 0.494 e. The van der Waals surface area contributed by atoms with Crippen molar-refractivity contribution in [2.75, 3.05) is 25.6 Å². The standard InChI is InChI=1S/C10H17N3O2/c1-8(3-4-14)5-11-10-12-6-9(15-2)7-13-10/h6-8,14H,3-5H2,1-2H3,(H,11,12,13). The van der Waals surface area contributed by atoms with Crippen LogP contribution in [0.5, 0.6) is 5.75 Å². The minimum absolute atomic E-state index is 0.215. The number of nitrogens with one attached hydrogen (secondary N) is 1. The number of ether oxygens (including phenoxy) is 1. The number of hydrogen-bond donors (Lipinski definition) is 2. The summed E-state index contributed by atoms with van der Waals surface area (Å²) in [6, 6.07) is 0. The maximum absolute atomic E-state index is 8.73. The Morgan fingerprint density at radius 3 is 2.67 bits per heavy atom. The molecule has 1 unspecified atom stereocenters. The second-order valence-electron chi connectivity index (χ2n) is 3.44. The first-order valence-electron chi connectivity index (χ1n) is 4.97. The van der Waals surface area contributed by atoms with Crippen LogP contribution >= 0.6 is 0 Å². The van der Waals surface area contributed by atoms with Crippen LogP contribution in [0, 0.1) is 5.92 Å². The van der Waals surface area contributed by atoms with Gasteiger partial charge in [-0.05, 0) is 12.3 Å². The fourth-order valence-corrected chi connectivity index (χ4v) is 1.10. The van der Waals surface area contributed by atoms with Crippen LogP contribution in [0.1, 0.15) is 13.3 Å². The van der Waals surface area contributed by atoms with Crippen LogP contribution in [0.2, 0.25) is 0 Å². The third kappa shape index (κ3) is 4.12. The molecule has 0 saturated heterocycles. The minimum atomic E-state index is 0.215. The molecule has 5 heteroatoms. The molecule has 0 spiro atoms. The molecule has 0 amide bonds. The van der Waals surface area contributed by atoms with E-state index >= 15 is 0 Å². The summed E-state index contributed by atoms with van der Waals surface area (Å²) in [7, 11) is 1.58. The van der Waals surface area contributed by atoms with Crippen molar-refractivity contribution >= 4 is 5.95 Å².